The van der Waals surface area contributed by atoms with Gasteiger partial charge >= 0.3 is 11.9 Å². The maximum atomic E-state index is 14.3. The van der Waals surface area contributed by atoms with Gasteiger partial charge in [-0.1, -0.05) is 94.2 Å². The van der Waals surface area contributed by atoms with Crippen molar-refractivity contribution in [1.29, 1.82) is 0 Å². The molecule has 9 nitrogen and oxygen atoms in total. The minimum Gasteiger partial charge on any atom is -0.481 e. The number of carboxylic acid groups (broad SMARTS) is 1. The zero-order valence-electron chi connectivity index (χ0n) is 47.3. The molecule has 0 aromatic carbocycles. The monoisotopic (exact) mass is 987 g/mol. The van der Waals surface area contributed by atoms with Crippen molar-refractivity contribution in [3.8, 4) is 0 Å². The number of aliphatic hydroxyl groups excluding tert-OH is 3. The van der Waals surface area contributed by atoms with Gasteiger partial charge in [-0.3, -0.25) is 19.2 Å². The highest BCUT2D eigenvalue weighted by molar-refractivity contribution is 5.96. The van der Waals surface area contributed by atoms with Gasteiger partial charge in [-0.25, -0.2) is 0 Å². The van der Waals surface area contributed by atoms with Crippen LogP contribution in [0.4, 0.5) is 0 Å². The van der Waals surface area contributed by atoms with E-state index in [9.17, 15) is 34.5 Å². The fraction of sp³-hybridized carbons (Fsp3) is 0.871. The molecule has 0 aromatic rings. The summed E-state index contributed by atoms with van der Waals surface area (Å²) in [4.78, 5) is 53.5. The van der Waals surface area contributed by atoms with Crippen LogP contribution in [0.2, 0.25) is 0 Å². The molecule has 10 rings (SSSR count). The average molecular weight is 987 g/mol. The number of esters is 1. The summed E-state index contributed by atoms with van der Waals surface area (Å²) in [5.41, 5.74) is 0.732. The largest absolute Gasteiger partial charge is 0.481 e. The summed E-state index contributed by atoms with van der Waals surface area (Å²) in [7, 11) is 2.50. The molecule has 400 valence electrons. The number of ketones is 2. The first-order valence-corrected chi connectivity index (χ1v) is 28.3. The lowest BCUT2D eigenvalue weighted by Crippen LogP contribution is -2.66. The van der Waals surface area contributed by atoms with Crippen LogP contribution in [0.25, 0.3) is 0 Å². The first-order chi connectivity index (χ1) is 32.6. The van der Waals surface area contributed by atoms with E-state index in [0.717, 1.165) is 116 Å². The number of aliphatic carboxylic acids is 1. The van der Waals surface area contributed by atoms with Crippen LogP contribution in [0.5, 0.6) is 0 Å². The Morgan fingerprint density at radius 1 is 0.507 bits per heavy atom. The third-order valence-electron chi connectivity index (χ3n) is 26.3. The number of allylic oxidation sites excluding steroid dienone is 4. The van der Waals surface area contributed by atoms with E-state index in [2.05, 4.69) is 96.1 Å². The van der Waals surface area contributed by atoms with Gasteiger partial charge in [0.15, 0.2) is 11.6 Å². The van der Waals surface area contributed by atoms with Crippen molar-refractivity contribution < 1.29 is 44.3 Å². The number of aliphatic hydroxyl groups is 3. The number of carboxylic acids is 1. The van der Waals surface area contributed by atoms with Crippen LogP contribution < -0.4 is 0 Å². The molecule has 9 heteroatoms. The van der Waals surface area contributed by atoms with Crippen molar-refractivity contribution in [3.05, 3.63) is 23.3 Å². The Morgan fingerprint density at radius 3 is 1.23 bits per heavy atom. The van der Waals surface area contributed by atoms with E-state index in [1.54, 1.807) is 0 Å². The molecule has 0 aliphatic heterocycles. The Labute approximate surface area is 429 Å². The van der Waals surface area contributed by atoms with Crippen molar-refractivity contribution in [3.63, 3.8) is 0 Å². The molecule has 0 aromatic heterocycles. The van der Waals surface area contributed by atoms with Crippen LogP contribution in [-0.2, 0) is 23.9 Å². The van der Waals surface area contributed by atoms with Gasteiger partial charge in [-0.15, -0.1) is 0 Å². The van der Waals surface area contributed by atoms with Gasteiger partial charge in [0.25, 0.3) is 0 Å². The molecule has 71 heavy (non-hydrogen) atoms. The number of carbonyl (C=O) groups excluding carboxylic acids is 3. The number of carbonyl (C=O) groups is 4. The number of fused-ring (bicyclic) bond motifs is 14. The third-order valence-corrected chi connectivity index (χ3v) is 26.3. The first kappa shape index (κ1) is 54.9. The van der Waals surface area contributed by atoms with E-state index in [4.69, 9.17) is 9.84 Å². The zero-order chi connectivity index (χ0) is 52.9. The average Bonchev–Trinajstić information content (AvgIpc) is 3.29. The van der Waals surface area contributed by atoms with Crippen LogP contribution in [-0.4, -0.2) is 70.4 Å². The zero-order valence-corrected chi connectivity index (χ0v) is 47.3. The fourth-order valence-electron chi connectivity index (χ4n) is 21.0. The van der Waals surface area contributed by atoms with Crippen LogP contribution in [0.3, 0.4) is 0 Å². The van der Waals surface area contributed by atoms with Crippen LogP contribution in [0, 0.1) is 100 Å². The molecule has 0 amide bonds. The topological polar surface area (TPSA) is 158 Å². The molecule has 8 saturated carbocycles. The Balaban J connectivity index is 0.000000184. The van der Waals surface area contributed by atoms with Gasteiger partial charge in [0.1, 0.15) is 0 Å². The molecular weight excluding hydrogens is 889 g/mol. The molecule has 18 atom stereocenters. The van der Waals surface area contributed by atoms with E-state index in [0.29, 0.717) is 24.0 Å². The van der Waals surface area contributed by atoms with Crippen molar-refractivity contribution in [2.24, 2.45) is 100 Å². The van der Waals surface area contributed by atoms with E-state index < -0.39 is 16.8 Å². The number of rotatable bonds is 2. The summed E-state index contributed by atoms with van der Waals surface area (Å²) >= 11 is 0. The number of methoxy groups -OCH3 is 1. The molecule has 0 spiro atoms. The van der Waals surface area contributed by atoms with Gasteiger partial charge in [0.05, 0.1) is 30.1 Å². The molecule has 4 N–H and O–H groups in total. The number of hydrogen-bond donors (Lipinski definition) is 4. The van der Waals surface area contributed by atoms with Gasteiger partial charge < -0.3 is 25.2 Å². The standard InChI is InChI=1S/C31H48O4.C30H46O4.CH4O/c1-26(2)22-9-12-31(7)24(29(22,5)11-10-23(26)33)21(32)17-19-20-18-28(4,25(34)35-8)14-13-27(20,3)15-16-30(19,31)6;1-25(2)21-8-11-30(7)23(28(21,5)10-9-22(25)32)20(31)16-18-19-17-27(4,24(33)34)13-12-26(19,3)14-15-29(18,30)6;1-2/h17,20,22-24,33H,9-16,18H2,1-8H3;16,19,21-23,32H,8-15,17H2,1-7H3,(H,33,34);2H,1H3/t20-,22-,23-,24+,27+,28-,29-,30+,31+;19-,21-,22-,23+,26+,27-,28-,29+,30+;/m00./s1. The van der Waals surface area contributed by atoms with Gasteiger partial charge in [0, 0.05) is 18.9 Å². The van der Waals surface area contributed by atoms with Crippen molar-refractivity contribution >= 4 is 23.5 Å². The molecule has 0 unspecified atom stereocenters. The summed E-state index contributed by atoms with van der Waals surface area (Å²) in [5.74, 6) is 0.865. The highest BCUT2D eigenvalue weighted by Crippen LogP contribution is 2.77. The summed E-state index contributed by atoms with van der Waals surface area (Å²) in [6.07, 6.45) is 20.5. The predicted octanol–water partition coefficient (Wildman–Crippen LogP) is 12.5. The van der Waals surface area contributed by atoms with E-state index >= 15 is 0 Å². The van der Waals surface area contributed by atoms with E-state index in [-0.39, 0.29) is 102 Å². The quantitative estimate of drug-likeness (QED) is 0.198. The van der Waals surface area contributed by atoms with Gasteiger partial charge in [-0.2, -0.15) is 0 Å². The second kappa shape index (κ2) is 17.1. The lowest BCUT2D eigenvalue weighted by atomic mass is 9.33. The predicted molar refractivity (Wildman–Crippen MR) is 279 cm³/mol. The Kier molecular flexibility index (Phi) is 13.2. The Hall–Kier alpha value is -2.36. The number of ether oxygens (including phenoxy) is 1. The highest BCUT2D eigenvalue weighted by Gasteiger charge is 2.72. The Bertz CT molecular complexity index is 2260. The SMILES string of the molecule is CC1(C)[C@@H](O)CC[C@]2(C)[C@H]3C(=O)C=C4[C@@H]5C[C@@](C)(C(=O)O)CC[C@]5(C)CC[C@@]4(C)[C@]3(C)CC[C@@H]12.CO.COC(=O)[C@@]1(C)CC[C@]2(C)CC[C@]3(C)C(=CC(=O)[C@@H]4[C@@]5(C)CC[C@H](O)C(C)(C)[C@@H]5CC[C@]43C)[C@@H]2C1. The summed E-state index contributed by atoms with van der Waals surface area (Å²) in [5, 5.41) is 38.8. The van der Waals surface area contributed by atoms with Crippen LogP contribution in [0.15, 0.2) is 23.3 Å². The smallest absolute Gasteiger partial charge is 0.311 e. The molecule has 10 aliphatic carbocycles. The fourth-order valence-corrected chi connectivity index (χ4v) is 21.0. The lowest BCUT2D eigenvalue weighted by Gasteiger charge is -2.70. The molecule has 0 bridgehead atoms. The lowest BCUT2D eigenvalue weighted by molar-refractivity contribution is -0.202. The minimum atomic E-state index is -0.711. The Morgan fingerprint density at radius 2 is 0.859 bits per heavy atom. The van der Waals surface area contributed by atoms with Crippen molar-refractivity contribution in [1.82, 2.24) is 0 Å². The molecular formula is C62H98O9. The molecule has 0 radical (unpaired) electrons. The third kappa shape index (κ3) is 7.31. The van der Waals surface area contributed by atoms with Gasteiger partial charge in [-0.05, 0) is 219 Å². The first-order valence-electron chi connectivity index (χ1n) is 28.3. The molecule has 0 saturated heterocycles. The highest BCUT2D eigenvalue weighted by atomic mass is 16.5. The summed E-state index contributed by atoms with van der Waals surface area (Å²) < 4.78 is 5.25. The van der Waals surface area contributed by atoms with Crippen LogP contribution >= 0.6 is 0 Å². The van der Waals surface area contributed by atoms with Crippen LogP contribution in [0.1, 0.15) is 213 Å². The summed E-state index contributed by atoms with van der Waals surface area (Å²) in [6, 6.07) is 0. The molecule has 10 aliphatic rings. The molecule has 0 heterocycles. The van der Waals surface area contributed by atoms with E-state index in [1.807, 2.05) is 13.0 Å². The maximum absolute atomic E-state index is 14.3. The minimum absolute atomic E-state index is 0.00536. The molecule has 8 fully saturated rings. The van der Waals surface area contributed by atoms with Crippen molar-refractivity contribution in [2.45, 2.75) is 225 Å². The number of hydrogen-bond acceptors (Lipinski definition) is 8. The van der Waals surface area contributed by atoms with E-state index in [1.165, 1.54) is 18.3 Å². The summed E-state index contributed by atoms with van der Waals surface area (Å²) in [6.45, 7) is 32.0. The van der Waals surface area contributed by atoms with Crippen molar-refractivity contribution in [2.75, 3.05) is 14.2 Å². The van der Waals surface area contributed by atoms with Gasteiger partial charge in [0.2, 0.25) is 0 Å². The second-order valence-electron chi connectivity index (χ2n) is 30.1. The second-order valence-corrected chi connectivity index (χ2v) is 30.1. The maximum Gasteiger partial charge on any atom is 0.311 e. The normalized spacial score (nSPS) is 52.0.